The SMILES string of the molecule is COc1cc(/C=C2\N=C(c3ccc(Br)cc3)OC2=O)ccc1OC(=O)/C=C/c1ccc([N+](=O)[O-])cc1. The highest BCUT2D eigenvalue weighted by Gasteiger charge is 2.24. The van der Waals surface area contributed by atoms with E-state index in [0.717, 1.165) is 4.47 Å². The monoisotopic (exact) mass is 548 g/mol. The van der Waals surface area contributed by atoms with E-state index in [1.54, 1.807) is 24.3 Å². The summed E-state index contributed by atoms with van der Waals surface area (Å²) in [6, 6.07) is 17.7. The third-order valence-corrected chi connectivity index (χ3v) is 5.46. The molecule has 0 aromatic heterocycles. The number of nitro benzene ring substituents is 1. The summed E-state index contributed by atoms with van der Waals surface area (Å²) in [7, 11) is 1.42. The van der Waals surface area contributed by atoms with Crippen molar-refractivity contribution in [3.63, 3.8) is 0 Å². The zero-order valence-electron chi connectivity index (χ0n) is 18.7. The van der Waals surface area contributed by atoms with Gasteiger partial charge in [0.1, 0.15) is 0 Å². The van der Waals surface area contributed by atoms with Gasteiger partial charge in [-0.2, -0.15) is 0 Å². The first kappa shape index (κ1) is 24.6. The second-order valence-corrected chi connectivity index (χ2v) is 8.27. The van der Waals surface area contributed by atoms with Gasteiger partial charge in [0.05, 0.1) is 12.0 Å². The normalized spacial score (nSPS) is 14.0. The highest BCUT2D eigenvalue weighted by atomic mass is 79.9. The average Bonchev–Trinajstić information content (AvgIpc) is 3.24. The molecule has 0 amide bonds. The van der Waals surface area contributed by atoms with Crippen LogP contribution in [-0.2, 0) is 14.3 Å². The molecule has 1 aliphatic heterocycles. The molecule has 180 valence electrons. The first-order valence-corrected chi connectivity index (χ1v) is 11.2. The minimum absolute atomic E-state index is 0.0457. The van der Waals surface area contributed by atoms with Crippen LogP contribution in [0.2, 0.25) is 0 Å². The van der Waals surface area contributed by atoms with Gasteiger partial charge < -0.3 is 14.2 Å². The molecule has 10 heteroatoms. The third kappa shape index (κ3) is 5.91. The number of methoxy groups -OCH3 is 1. The summed E-state index contributed by atoms with van der Waals surface area (Å²) in [5.74, 6) is -0.605. The Morgan fingerprint density at radius 3 is 2.39 bits per heavy atom. The maximum absolute atomic E-state index is 12.3. The number of nitrogens with zero attached hydrogens (tertiary/aromatic N) is 2. The minimum Gasteiger partial charge on any atom is -0.493 e. The van der Waals surface area contributed by atoms with Crippen LogP contribution in [0.1, 0.15) is 16.7 Å². The standard InChI is InChI=1S/C26H17BrN2O7/c1-34-23-15-17(14-21-26(31)36-25(28-21)18-6-8-19(27)9-7-18)4-12-22(23)35-24(30)13-5-16-2-10-20(11-3-16)29(32)33/h2-15H,1H3/b13-5+,21-14-. The molecule has 1 heterocycles. The number of halogens is 1. The molecule has 3 aromatic carbocycles. The molecule has 0 bridgehead atoms. The molecule has 4 rings (SSSR count). The van der Waals surface area contributed by atoms with Crippen molar-refractivity contribution in [1.29, 1.82) is 0 Å². The van der Waals surface area contributed by atoms with Gasteiger partial charge in [-0.25, -0.2) is 14.6 Å². The van der Waals surface area contributed by atoms with Gasteiger partial charge in [-0.1, -0.05) is 22.0 Å². The number of benzene rings is 3. The smallest absolute Gasteiger partial charge is 0.363 e. The number of aliphatic imine (C=N–C) groups is 1. The summed E-state index contributed by atoms with van der Waals surface area (Å²) in [4.78, 5) is 39.0. The second-order valence-electron chi connectivity index (χ2n) is 7.36. The molecule has 1 aliphatic rings. The fraction of sp³-hybridized carbons (Fsp3) is 0.0385. The predicted molar refractivity (Wildman–Crippen MR) is 136 cm³/mol. The van der Waals surface area contributed by atoms with Crippen molar-refractivity contribution in [2.75, 3.05) is 7.11 Å². The van der Waals surface area contributed by atoms with Gasteiger partial charge in [0.25, 0.3) is 5.69 Å². The van der Waals surface area contributed by atoms with E-state index in [4.69, 9.17) is 14.2 Å². The van der Waals surface area contributed by atoms with E-state index < -0.39 is 16.9 Å². The van der Waals surface area contributed by atoms with Crippen molar-refractivity contribution < 1.29 is 28.7 Å². The maximum atomic E-state index is 12.3. The van der Waals surface area contributed by atoms with Crippen LogP contribution in [0.4, 0.5) is 5.69 Å². The first-order valence-electron chi connectivity index (χ1n) is 10.4. The number of nitro groups is 1. The zero-order valence-corrected chi connectivity index (χ0v) is 20.3. The summed E-state index contributed by atoms with van der Waals surface area (Å²) in [5.41, 5.74) is 1.91. The largest absolute Gasteiger partial charge is 0.493 e. The Morgan fingerprint density at radius 1 is 1.03 bits per heavy atom. The van der Waals surface area contributed by atoms with E-state index in [1.165, 1.54) is 55.7 Å². The summed E-state index contributed by atoms with van der Waals surface area (Å²) < 4.78 is 16.8. The number of cyclic esters (lactones) is 1. The van der Waals surface area contributed by atoms with Gasteiger partial charge in [-0.3, -0.25) is 10.1 Å². The van der Waals surface area contributed by atoms with E-state index in [2.05, 4.69) is 20.9 Å². The van der Waals surface area contributed by atoms with Gasteiger partial charge in [0, 0.05) is 28.2 Å². The second kappa shape index (κ2) is 10.8. The summed E-state index contributed by atoms with van der Waals surface area (Å²) in [5, 5.41) is 10.7. The number of ether oxygens (including phenoxy) is 3. The molecule has 0 aliphatic carbocycles. The number of carbonyl (C=O) groups excluding carboxylic acids is 2. The van der Waals surface area contributed by atoms with Gasteiger partial charge in [-0.05, 0) is 71.8 Å². The lowest BCUT2D eigenvalue weighted by Crippen LogP contribution is -2.05. The van der Waals surface area contributed by atoms with E-state index in [-0.39, 0.29) is 28.8 Å². The highest BCUT2D eigenvalue weighted by Crippen LogP contribution is 2.30. The molecule has 0 unspecified atom stereocenters. The van der Waals surface area contributed by atoms with Crippen molar-refractivity contribution >= 4 is 51.6 Å². The molecular formula is C26H17BrN2O7. The quantitative estimate of drug-likeness (QED) is 0.129. The Labute approximate surface area is 213 Å². The fourth-order valence-electron chi connectivity index (χ4n) is 3.16. The van der Waals surface area contributed by atoms with Gasteiger partial charge in [0.15, 0.2) is 17.2 Å². The fourth-order valence-corrected chi connectivity index (χ4v) is 3.42. The van der Waals surface area contributed by atoms with Crippen LogP contribution in [0.15, 0.2) is 88.0 Å². The van der Waals surface area contributed by atoms with Gasteiger partial charge in [0.2, 0.25) is 5.90 Å². The molecular weight excluding hydrogens is 532 g/mol. The van der Waals surface area contributed by atoms with Crippen LogP contribution in [-0.4, -0.2) is 29.9 Å². The third-order valence-electron chi connectivity index (χ3n) is 4.93. The van der Waals surface area contributed by atoms with Crippen molar-refractivity contribution in [3.05, 3.63) is 110 Å². The Balaban J connectivity index is 1.47. The predicted octanol–water partition coefficient (Wildman–Crippen LogP) is 5.33. The number of hydrogen-bond acceptors (Lipinski definition) is 8. The highest BCUT2D eigenvalue weighted by molar-refractivity contribution is 9.10. The molecule has 9 nitrogen and oxygen atoms in total. The van der Waals surface area contributed by atoms with Crippen LogP contribution in [0.3, 0.4) is 0 Å². The van der Waals surface area contributed by atoms with Crippen LogP contribution in [0.5, 0.6) is 11.5 Å². The molecule has 0 fully saturated rings. The number of hydrogen-bond donors (Lipinski definition) is 0. The Bertz CT molecular complexity index is 1430. The number of esters is 2. The van der Waals surface area contributed by atoms with E-state index in [9.17, 15) is 19.7 Å². The van der Waals surface area contributed by atoms with Crippen molar-refractivity contribution in [3.8, 4) is 11.5 Å². The number of carbonyl (C=O) groups is 2. The Kier molecular flexibility index (Phi) is 7.36. The summed E-state index contributed by atoms with van der Waals surface area (Å²) in [6.45, 7) is 0. The molecule has 0 radical (unpaired) electrons. The van der Waals surface area contributed by atoms with Crippen LogP contribution >= 0.6 is 15.9 Å². The first-order chi connectivity index (χ1) is 17.3. The van der Waals surface area contributed by atoms with Crippen molar-refractivity contribution in [1.82, 2.24) is 0 Å². The molecule has 0 saturated carbocycles. The van der Waals surface area contributed by atoms with Crippen LogP contribution in [0.25, 0.3) is 12.2 Å². The van der Waals surface area contributed by atoms with Crippen LogP contribution in [0, 0.1) is 10.1 Å². The lowest BCUT2D eigenvalue weighted by atomic mass is 10.1. The van der Waals surface area contributed by atoms with Crippen molar-refractivity contribution in [2.45, 2.75) is 0 Å². The minimum atomic E-state index is -0.666. The van der Waals surface area contributed by atoms with Crippen molar-refractivity contribution in [2.24, 2.45) is 4.99 Å². The molecule has 0 saturated heterocycles. The number of non-ortho nitro benzene ring substituents is 1. The molecule has 0 spiro atoms. The van der Waals surface area contributed by atoms with Crippen LogP contribution < -0.4 is 9.47 Å². The number of rotatable bonds is 7. The van der Waals surface area contributed by atoms with Gasteiger partial charge in [-0.15, -0.1) is 0 Å². The Morgan fingerprint density at radius 2 is 1.72 bits per heavy atom. The summed E-state index contributed by atoms with van der Waals surface area (Å²) >= 11 is 3.36. The average molecular weight is 549 g/mol. The summed E-state index contributed by atoms with van der Waals surface area (Å²) in [6.07, 6.45) is 4.21. The van der Waals surface area contributed by atoms with E-state index in [1.807, 2.05) is 12.1 Å². The molecule has 3 aromatic rings. The lowest BCUT2D eigenvalue weighted by molar-refractivity contribution is -0.384. The molecule has 36 heavy (non-hydrogen) atoms. The van der Waals surface area contributed by atoms with E-state index in [0.29, 0.717) is 16.7 Å². The maximum Gasteiger partial charge on any atom is 0.363 e. The molecule has 0 atom stereocenters. The lowest BCUT2D eigenvalue weighted by Gasteiger charge is -2.08. The molecule has 0 N–H and O–H groups in total. The van der Waals surface area contributed by atoms with E-state index >= 15 is 0 Å². The topological polar surface area (TPSA) is 117 Å². The van der Waals surface area contributed by atoms with Gasteiger partial charge >= 0.3 is 11.9 Å². The Hall–Kier alpha value is -4.57. The zero-order chi connectivity index (χ0) is 25.7.